The molecule has 0 fully saturated rings. The van der Waals surface area contributed by atoms with E-state index in [1.54, 1.807) is 5.57 Å². The van der Waals surface area contributed by atoms with Gasteiger partial charge in [-0.05, 0) is 80.9 Å². The molecular formula is C27H37NS2. The molecule has 30 heavy (non-hydrogen) atoms. The number of allylic oxidation sites excluding steroid dienone is 1. The Bertz CT molecular complexity index is 1150. The second kappa shape index (κ2) is 7.12. The van der Waals surface area contributed by atoms with Crippen LogP contribution in [0.25, 0.3) is 25.7 Å². The zero-order valence-corrected chi connectivity index (χ0v) is 21.7. The van der Waals surface area contributed by atoms with Crippen molar-refractivity contribution >= 4 is 47.3 Å². The van der Waals surface area contributed by atoms with E-state index >= 15 is 0 Å². The first-order valence-electron chi connectivity index (χ1n) is 10.9. The lowest BCUT2D eigenvalue weighted by Crippen LogP contribution is -2.44. The summed E-state index contributed by atoms with van der Waals surface area (Å²) in [7, 11) is -1.10. The molecule has 2 aromatic carbocycles. The van der Waals surface area contributed by atoms with E-state index in [1.807, 2.05) is 11.3 Å². The van der Waals surface area contributed by atoms with Crippen molar-refractivity contribution in [1.29, 1.82) is 0 Å². The number of hydrogen-bond donors (Lipinski definition) is 1. The molecule has 1 aromatic heterocycles. The molecule has 3 aromatic rings. The van der Waals surface area contributed by atoms with Gasteiger partial charge in [-0.15, -0.1) is 11.3 Å². The van der Waals surface area contributed by atoms with Crippen LogP contribution in [-0.4, -0.2) is 18.1 Å². The standard InChI is InChI=1S/C27H37NS2/c1-17-18(2)25(30(8,9)28-27(6,7)16-26(3,4)5)20-14-15-22-24(23(17)20)19-12-10-11-13-21(19)29-22/h10-15,25,28H,16H2,1-9H3. The van der Waals surface area contributed by atoms with Gasteiger partial charge in [-0.1, -0.05) is 50.6 Å². The van der Waals surface area contributed by atoms with Crippen LogP contribution in [0.3, 0.4) is 0 Å². The Hall–Kier alpha value is -1.29. The fourth-order valence-electron chi connectivity index (χ4n) is 5.97. The number of rotatable bonds is 4. The van der Waals surface area contributed by atoms with Gasteiger partial charge in [0.05, 0.1) is 0 Å². The van der Waals surface area contributed by atoms with Crippen LogP contribution in [0.4, 0.5) is 0 Å². The average molecular weight is 440 g/mol. The zero-order valence-electron chi connectivity index (χ0n) is 20.1. The highest BCUT2D eigenvalue weighted by Gasteiger charge is 2.39. The third-order valence-corrected chi connectivity index (χ3v) is 10.3. The summed E-state index contributed by atoms with van der Waals surface area (Å²) in [6.07, 6.45) is 6.11. The average Bonchev–Trinajstić information content (AvgIpc) is 3.07. The minimum atomic E-state index is -1.10. The SMILES string of the molecule is CC1=C(C)C(S(C)(C)NC(C)(C)CC(C)(C)C)c2ccc3sc4ccccc4c3c21. The molecule has 0 bridgehead atoms. The molecule has 0 saturated carbocycles. The molecule has 1 heterocycles. The number of benzene rings is 2. The Kier molecular flexibility index (Phi) is 5.20. The number of hydrogen-bond acceptors (Lipinski definition) is 2. The van der Waals surface area contributed by atoms with Crippen molar-refractivity contribution in [1.82, 2.24) is 4.72 Å². The minimum Gasteiger partial charge on any atom is -0.275 e. The molecule has 1 aliphatic rings. The van der Waals surface area contributed by atoms with Crippen LogP contribution in [-0.2, 0) is 0 Å². The molecule has 0 amide bonds. The highest BCUT2D eigenvalue weighted by Crippen LogP contribution is 2.63. The Morgan fingerprint density at radius 2 is 1.60 bits per heavy atom. The van der Waals surface area contributed by atoms with Gasteiger partial charge in [0.25, 0.3) is 0 Å². The van der Waals surface area contributed by atoms with E-state index < -0.39 is 10.2 Å². The van der Waals surface area contributed by atoms with Gasteiger partial charge in [-0.2, -0.15) is 10.2 Å². The third kappa shape index (κ3) is 3.74. The van der Waals surface area contributed by atoms with E-state index in [2.05, 4.69) is 102 Å². The van der Waals surface area contributed by atoms with Crippen molar-refractivity contribution in [3.8, 4) is 0 Å². The summed E-state index contributed by atoms with van der Waals surface area (Å²) in [5, 5.41) is 3.35. The summed E-state index contributed by atoms with van der Waals surface area (Å²) >= 11 is 1.92. The topological polar surface area (TPSA) is 12.0 Å². The third-order valence-electron chi connectivity index (χ3n) is 6.32. The Morgan fingerprint density at radius 3 is 2.27 bits per heavy atom. The smallest absolute Gasteiger partial charge is 0.0468 e. The van der Waals surface area contributed by atoms with Crippen LogP contribution >= 0.6 is 21.6 Å². The van der Waals surface area contributed by atoms with Gasteiger partial charge in [0.1, 0.15) is 0 Å². The van der Waals surface area contributed by atoms with Gasteiger partial charge >= 0.3 is 0 Å². The lowest BCUT2D eigenvalue weighted by Gasteiger charge is -2.48. The van der Waals surface area contributed by atoms with Gasteiger partial charge in [-0.25, -0.2) is 0 Å². The molecule has 1 unspecified atom stereocenters. The largest absolute Gasteiger partial charge is 0.275 e. The monoisotopic (exact) mass is 439 g/mol. The van der Waals surface area contributed by atoms with Gasteiger partial charge in [0.2, 0.25) is 0 Å². The predicted octanol–water partition coefficient (Wildman–Crippen LogP) is 8.69. The molecule has 1 nitrogen and oxygen atoms in total. The second-order valence-electron chi connectivity index (χ2n) is 11.3. The van der Waals surface area contributed by atoms with E-state index in [-0.39, 0.29) is 5.54 Å². The number of nitrogens with one attached hydrogen (secondary N) is 1. The minimum absolute atomic E-state index is 0.104. The Labute approximate surface area is 188 Å². The van der Waals surface area contributed by atoms with Crippen molar-refractivity contribution in [3.05, 3.63) is 53.1 Å². The van der Waals surface area contributed by atoms with Crippen molar-refractivity contribution < 1.29 is 0 Å². The fourth-order valence-corrected chi connectivity index (χ4v) is 10.6. The first kappa shape index (κ1) is 21.9. The lowest BCUT2D eigenvalue weighted by atomic mass is 9.82. The summed E-state index contributed by atoms with van der Waals surface area (Å²) in [4.78, 5) is 0. The Balaban J connectivity index is 1.84. The molecule has 0 aliphatic heterocycles. The van der Waals surface area contributed by atoms with Crippen LogP contribution in [0, 0.1) is 5.41 Å². The summed E-state index contributed by atoms with van der Waals surface area (Å²) in [6, 6.07) is 13.7. The number of fused-ring (bicyclic) bond motifs is 5. The molecule has 162 valence electrons. The molecule has 1 atom stereocenters. The van der Waals surface area contributed by atoms with E-state index in [0.717, 1.165) is 6.42 Å². The summed E-state index contributed by atoms with van der Waals surface area (Å²) in [5.41, 5.74) is 6.48. The molecule has 1 aliphatic carbocycles. The van der Waals surface area contributed by atoms with Crippen molar-refractivity contribution in [2.75, 3.05) is 12.5 Å². The number of thiophene rings is 1. The molecule has 1 N–H and O–H groups in total. The highest BCUT2D eigenvalue weighted by atomic mass is 32.3. The molecule has 0 spiro atoms. The first-order chi connectivity index (χ1) is 13.8. The van der Waals surface area contributed by atoms with Crippen molar-refractivity contribution in [2.24, 2.45) is 5.41 Å². The maximum absolute atomic E-state index is 4.15. The molecule has 0 saturated heterocycles. The van der Waals surface area contributed by atoms with Crippen LogP contribution in [0.2, 0.25) is 0 Å². The normalized spacial score (nSPS) is 18.5. The zero-order chi connectivity index (χ0) is 22.1. The summed E-state index contributed by atoms with van der Waals surface area (Å²) < 4.78 is 6.96. The van der Waals surface area contributed by atoms with Crippen LogP contribution < -0.4 is 4.72 Å². The van der Waals surface area contributed by atoms with Crippen LogP contribution in [0.5, 0.6) is 0 Å². The molecule has 3 heteroatoms. The van der Waals surface area contributed by atoms with Crippen molar-refractivity contribution in [2.45, 2.75) is 65.7 Å². The van der Waals surface area contributed by atoms with Crippen molar-refractivity contribution in [3.63, 3.8) is 0 Å². The second-order valence-corrected chi connectivity index (χ2v) is 15.9. The van der Waals surface area contributed by atoms with E-state index in [4.69, 9.17) is 0 Å². The summed E-state index contributed by atoms with van der Waals surface area (Å²) in [5.74, 6) is 0. The fraction of sp³-hybridized carbons (Fsp3) is 0.481. The first-order valence-corrected chi connectivity index (χ1v) is 14.3. The Morgan fingerprint density at radius 1 is 0.933 bits per heavy atom. The quantitative estimate of drug-likeness (QED) is 0.428. The highest BCUT2D eigenvalue weighted by molar-refractivity contribution is 8.31. The molecule has 4 rings (SSSR count). The van der Waals surface area contributed by atoms with Gasteiger partial charge in [0.15, 0.2) is 0 Å². The van der Waals surface area contributed by atoms with E-state index in [9.17, 15) is 0 Å². The molecular weight excluding hydrogens is 402 g/mol. The lowest BCUT2D eigenvalue weighted by molar-refractivity contribution is 0.272. The predicted molar refractivity (Wildman–Crippen MR) is 141 cm³/mol. The molecule has 0 radical (unpaired) electrons. The van der Waals surface area contributed by atoms with Gasteiger partial charge in [0, 0.05) is 31.0 Å². The van der Waals surface area contributed by atoms with Crippen LogP contribution in [0.15, 0.2) is 42.0 Å². The van der Waals surface area contributed by atoms with Crippen LogP contribution in [0.1, 0.15) is 71.3 Å². The van der Waals surface area contributed by atoms with E-state index in [1.165, 1.54) is 36.9 Å². The summed E-state index contributed by atoms with van der Waals surface area (Å²) in [6.45, 7) is 16.5. The maximum Gasteiger partial charge on any atom is 0.0468 e. The maximum atomic E-state index is 4.15. The van der Waals surface area contributed by atoms with Gasteiger partial charge < -0.3 is 0 Å². The van der Waals surface area contributed by atoms with Gasteiger partial charge in [-0.3, -0.25) is 4.72 Å². The van der Waals surface area contributed by atoms with E-state index in [0.29, 0.717) is 10.7 Å².